The number of amides is 2. The number of hydrogen-bond donors (Lipinski definition) is 1. The lowest BCUT2D eigenvalue weighted by Gasteiger charge is -2.40. The largest absolute Gasteiger partial charge is 0.497 e. The molecule has 3 fully saturated rings. The van der Waals surface area contributed by atoms with Crippen LogP contribution < -0.4 is 10.1 Å². The number of hydrogen-bond acceptors (Lipinski definition) is 4. The van der Waals surface area contributed by atoms with Gasteiger partial charge in [0.1, 0.15) is 5.75 Å². The topological polar surface area (TPSA) is 61.9 Å². The number of anilines is 1. The van der Waals surface area contributed by atoms with E-state index in [0.29, 0.717) is 11.8 Å². The molecule has 6 heteroatoms. The molecule has 3 aliphatic rings. The number of methoxy groups -OCH3 is 1. The van der Waals surface area contributed by atoms with Crippen molar-refractivity contribution in [2.75, 3.05) is 38.6 Å². The Morgan fingerprint density at radius 2 is 1.79 bits per heavy atom. The first-order valence-corrected chi connectivity index (χ1v) is 10.6. The molecule has 4 rings (SSSR count). The summed E-state index contributed by atoms with van der Waals surface area (Å²) in [6.07, 6.45) is 6.72. The Morgan fingerprint density at radius 1 is 1.07 bits per heavy atom. The van der Waals surface area contributed by atoms with Crippen LogP contribution in [0.5, 0.6) is 5.75 Å². The number of nitrogens with one attached hydrogen (secondary N) is 1. The second-order valence-corrected chi connectivity index (χ2v) is 8.35. The van der Waals surface area contributed by atoms with Gasteiger partial charge < -0.3 is 15.0 Å². The highest BCUT2D eigenvalue weighted by molar-refractivity contribution is 5.95. The zero-order valence-corrected chi connectivity index (χ0v) is 16.7. The van der Waals surface area contributed by atoms with Gasteiger partial charge >= 0.3 is 0 Å². The molecule has 1 N–H and O–H groups in total. The molecular weight excluding hydrogens is 354 g/mol. The monoisotopic (exact) mass is 385 g/mol. The first-order chi connectivity index (χ1) is 13.7. The number of ether oxygens (including phenoxy) is 1. The van der Waals surface area contributed by atoms with Gasteiger partial charge in [0, 0.05) is 43.9 Å². The number of piperazine rings is 1. The lowest BCUT2D eigenvalue weighted by Crippen LogP contribution is -2.57. The highest BCUT2D eigenvalue weighted by Gasteiger charge is 2.39. The fourth-order valence-corrected chi connectivity index (χ4v) is 4.68. The van der Waals surface area contributed by atoms with E-state index >= 15 is 0 Å². The Labute approximate surface area is 167 Å². The Kier molecular flexibility index (Phi) is 5.85. The molecule has 0 aromatic heterocycles. The van der Waals surface area contributed by atoms with Crippen molar-refractivity contribution >= 4 is 17.5 Å². The van der Waals surface area contributed by atoms with E-state index < -0.39 is 0 Å². The molecule has 1 aromatic carbocycles. The van der Waals surface area contributed by atoms with Crippen molar-refractivity contribution in [1.29, 1.82) is 0 Å². The van der Waals surface area contributed by atoms with Crippen LogP contribution in [0.1, 0.15) is 38.5 Å². The van der Waals surface area contributed by atoms with E-state index in [1.54, 1.807) is 7.11 Å². The molecule has 0 unspecified atom stereocenters. The van der Waals surface area contributed by atoms with Gasteiger partial charge in [0.25, 0.3) is 0 Å². The van der Waals surface area contributed by atoms with Gasteiger partial charge in [-0.15, -0.1) is 0 Å². The molecule has 28 heavy (non-hydrogen) atoms. The summed E-state index contributed by atoms with van der Waals surface area (Å²) in [6, 6.07) is 7.40. The number of nitrogens with zero attached hydrogens (tertiary/aromatic N) is 2. The van der Waals surface area contributed by atoms with Crippen molar-refractivity contribution in [1.82, 2.24) is 9.80 Å². The van der Waals surface area contributed by atoms with Crippen LogP contribution in [-0.4, -0.2) is 60.9 Å². The van der Waals surface area contributed by atoms with Gasteiger partial charge in [-0.3, -0.25) is 14.5 Å². The van der Waals surface area contributed by atoms with Crippen molar-refractivity contribution in [3.63, 3.8) is 0 Å². The first kappa shape index (κ1) is 19.2. The summed E-state index contributed by atoms with van der Waals surface area (Å²) in [5, 5.41) is 3.11. The zero-order chi connectivity index (χ0) is 19.5. The smallest absolute Gasteiger partial charge is 0.242 e. The van der Waals surface area contributed by atoms with Crippen LogP contribution in [-0.2, 0) is 9.59 Å². The maximum Gasteiger partial charge on any atom is 0.242 e. The van der Waals surface area contributed by atoms with Crippen LogP contribution in [0.4, 0.5) is 5.69 Å². The standard InChI is InChI=1S/C22H31N3O3/c1-28-19-8-4-7-18(15-19)23-21(26)20(16-5-2-3-6-16)24-11-13-25(14-12-24)22(27)17-9-10-17/h4,7-8,15-17,20H,2-3,5-6,9-14H2,1H3,(H,23,26)/t20-/m1/s1. The molecule has 1 saturated heterocycles. The van der Waals surface area contributed by atoms with Crippen LogP contribution in [0, 0.1) is 11.8 Å². The molecule has 1 aliphatic heterocycles. The average Bonchev–Trinajstić information content (AvgIpc) is 3.44. The van der Waals surface area contributed by atoms with E-state index in [1.807, 2.05) is 29.2 Å². The normalized spacial score (nSPS) is 22.1. The molecule has 1 atom stereocenters. The lowest BCUT2D eigenvalue weighted by atomic mass is 9.94. The zero-order valence-electron chi connectivity index (χ0n) is 16.7. The maximum atomic E-state index is 13.3. The third kappa shape index (κ3) is 4.32. The van der Waals surface area contributed by atoms with Gasteiger partial charge in [0.05, 0.1) is 13.2 Å². The molecule has 1 heterocycles. The minimum Gasteiger partial charge on any atom is -0.497 e. The first-order valence-electron chi connectivity index (χ1n) is 10.6. The predicted molar refractivity (Wildman–Crippen MR) is 108 cm³/mol. The molecule has 6 nitrogen and oxygen atoms in total. The van der Waals surface area contributed by atoms with Crippen LogP contribution in [0.2, 0.25) is 0 Å². The van der Waals surface area contributed by atoms with E-state index in [9.17, 15) is 9.59 Å². The fraction of sp³-hybridized carbons (Fsp3) is 0.636. The van der Waals surface area contributed by atoms with Gasteiger partial charge in [-0.25, -0.2) is 0 Å². The minimum atomic E-state index is -0.119. The quantitative estimate of drug-likeness (QED) is 0.818. The van der Waals surface area contributed by atoms with E-state index in [2.05, 4.69) is 10.2 Å². The molecule has 0 bridgehead atoms. The van der Waals surface area contributed by atoms with Gasteiger partial charge in [0.15, 0.2) is 0 Å². The van der Waals surface area contributed by atoms with Gasteiger partial charge in [-0.05, 0) is 43.7 Å². The number of carbonyl (C=O) groups is 2. The average molecular weight is 386 g/mol. The molecule has 2 saturated carbocycles. The lowest BCUT2D eigenvalue weighted by molar-refractivity contribution is -0.135. The van der Waals surface area contributed by atoms with Crippen LogP contribution >= 0.6 is 0 Å². The highest BCUT2D eigenvalue weighted by atomic mass is 16.5. The number of carbonyl (C=O) groups excluding carboxylic acids is 2. The van der Waals surface area contributed by atoms with Crippen LogP contribution in [0.25, 0.3) is 0 Å². The molecule has 2 aliphatic carbocycles. The maximum absolute atomic E-state index is 13.3. The Morgan fingerprint density at radius 3 is 2.43 bits per heavy atom. The summed E-state index contributed by atoms with van der Waals surface area (Å²) in [7, 11) is 1.63. The summed E-state index contributed by atoms with van der Waals surface area (Å²) in [6.45, 7) is 3.05. The Bertz CT molecular complexity index is 705. The summed E-state index contributed by atoms with van der Waals surface area (Å²) in [4.78, 5) is 29.9. The van der Waals surface area contributed by atoms with Crippen molar-refractivity contribution in [3.05, 3.63) is 24.3 Å². The predicted octanol–water partition coefficient (Wildman–Crippen LogP) is 2.75. The van der Waals surface area contributed by atoms with Gasteiger partial charge in [-0.1, -0.05) is 18.9 Å². The SMILES string of the molecule is COc1cccc(NC(=O)[C@@H](C2CCCC2)N2CCN(C(=O)C3CC3)CC2)c1. The summed E-state index contributed by atoms with van der Waals surface area (Å²) in [5.74, 6) is 1.80. The van der Waals surface area contributed by atoms with Crippen molar-refractivity contribution in [2.24, 2.45) is 11.8 Å². The second kappa shape index (κ2) is 8.52. The molecule has 0 radical (unpaired) electrons. The molecule has 2 amide bonds. The van der Waals surface area contributed by atoms with Crippen LogP contribution in [0.3, 0.4) is 0 Å². The van der Waals surface area contributed by atoms with Crippen molar-refractivity contribution in [3.8, 4) is 5.75 Å². The Hall–Kier alpha value is -2.08. The summed E-state index contributed by atoms with van der Waals surface area (Å²) >= 11 is 0. The molecule has 152 valence electrons. The van der Waals surface area contributed by atoms with E-state index in [0.717, 1.165) is 63.3 Å². The second-order valence-electron chi connectivity index (χ2n) is 8.35. The van der Waals surface area contributed by atoms with Gasteiger partial charge in [-0.2, -0.15) is 0 Å². The van der Waals surface area contributed by atoms with E-state index in [-0.39, 0.29) is 17.9 Å². The van der Waals surface area contributed by atoms with Crippen LogP contribution in [0.15, 0.2) is 24.3 Å². The third-order valence-electron chi connectivity index (χ3n) is 6.40. The molecular formula is C22H31N3O3. The molecule has 0 spiro atoms. The van der Waals surface area contributed by atoms with Crippen molar-refractivity contribution in [2.45, 2.75) is 44.6 Å². The van der Waals surface area contributed by atoms with E-state index in [4.69, 9.17) is 4.74 Å². The summed E-state index contributed by atoms with van der Waals surface area (Å²) in [5.41, 5.74) is 0.773. The van der Waals surface area contributed by atoms with Crippen molar-refractivity contribution < 1.29 is 14.3 Å². The van der Waals surface area contributed by atoms with E-state index in [1.165, 1.54) is 12.8 Å². The highest BCUT2D eigenvalue weighted by Crippen LogP contribution is 2.33. The minimum absolute atomic E-state index is 0.0714. The fourth-order valence-electron chi connectivity index (χ4n) is 4.68. The number of rotatable bonds is 6. The number of benzene rings is 1. The van der Waals surface area contributed by atoms with Gasteiger partial charge in [0.2, 0.25) is 11.8 Å². The molecule has 1 aromatic rings. The third-order valence-corrected chi connectivity index (χ3v) is 6.40. The Balaban J connectivity index is 1.43. The summed E-state index contributed by atoms with van der Waals surface area (Å²) < 4.78 is 5.27.